The third kappa shape index (κ3) is 16.3. The molecule has 2 rings (SSSR count). The van der Waals surface area contributed by atoms with Gasteiger partial charge in [-0.05, 0) is 94.5 Å². The largest absolute Gasteiger partial charge is 0.508 e. The average Bonchev–Trinajstić information content (AvgIpc) is 3.09. The van der Waals surface area contributed by atoms with Crippen LogP contribution in [-0.4, -0.2) is 101 Å². The molecule has 0 aromatic heterocycles. The Hall–Kier alpha value is -4.61. The van der Waals surface area contributed by atoms with Gasteiger partial charge in [0.2, 0.25) is 29.5 Å². The van der Waals surface area contributed by atoms with Crippen LogP contribution in [-0.2, 0) is 40.0 Å². The molecule has 6 atom stereocenters. The van der Waals surface area contributed by atoms with Crippen molar-refractivity contribution in [2.45, 2.75) is 115 Å². The van der Waals surface area contributed by atoms with Gasteiger partial charge in [0.25, 0.3) is 0 Å². The molecule has 1 aromatic carbocycles. The van der Waals surface area contributed by atoms with E-state index < -0.39 is 83.8 Å². The maximum atomic E-state index is 14.0. The Morgan fingerprint density at radius 1 is 0.868 bits per heavy atom. The van der Waals surface area contributed by atoms with Crippen molar-refractivity contribution < 1.29 is 43.8 Å². The van der Waals surface area contributed by atoms with Crippen molar-refractivity contribution in [2.75, 3.05) is 19.6 Å². The number of Topliss-reactive ketones (excluding diaryl/α,β-unsaturated/α-hetero) is 1. The minimum Gasteiger partial charge on any atom is -0.508 e. The number of phenols is 1. The fourth-order valence-electron chi connectivity index (χ4n) is 5.95. The first kappa shape index (κ1) is 44.6. The maximum absolute atomic E-state index is 14.0. The fraction of sp³-hybridized carbons (Fsp3) is 0.639. The lowest BCUT2D eigenvalue weighted by atomic mass is 9.89. The van der Waals surface area contributed by atoms with Gasteiger partial charge in [-0.15, -0.1) is 0 Å². The lowest BCUT2D eigenvalue weighted by Crippen LogP contribution is -2.58. The normalized spacial score (nSPS) is 21.5. The molecular formula is C36H58N8O9. The van der Waals surface area contributed by atoms with E-state index in [9.17, 15) is 43.8 Å². The van der Waals surface area contributed by atoms with E-state index >= 15 is 0 Å². The summed E-state index contributed by atoms with van der Waals surface area (Å²) in [6.45, 7) is 4.22. The first-order valence-corrected chi connectivity index (χ1v) is 18.3. The molecule has 1 aliphatic rings. The lowest BCUT2D eigenvalue weighted by Gasteiger charge is -2.27. The van der Waals surface area contributed by atoms with E-state index in [2.05, 4.69) is 26.6 Å². The molecule has 1 saturated heterocycles. The highest BCUT2D eigenvalue weighted by Crippen LogP contribution is 2.19. The van der Waals surface area contributed by atoms with E-state index in [0.29, 0.717) is 44.3 Å². The van der Waals surface area contributed by atoms with Crippen LogP contribution >= 0.6 is 0 Å². The number of carboxylic acid groups (broad SMARTS) is 1. The smallest absolute Gasteiger partial charge is 0.306 e. The van der Waals surface area contributed by atoms with Crippen LogP contribution in [0.25, 0.3) is 0 Å². The molecule has 5 amide bonds. The standard InChI is InChI=1S/C36H58N8O9/c1-21(2)17-23(36(52)53)19-30(46)29(18-22-9-11-24(45)12-10-22)44-35(51)28-13-16-40-31(47)20-25(39)32(48)41-26(7-3-5-14-37)33(49)42-27(34(50)43-28)8-4-6-15-38/h9-12,21,23,25-29,45H,3-8,13-20,37-39H2,1-2H3,(H,40,47)(H,41,48)(H,42,49)(H,43,50)(H,44,51)(H,52,53)/t23-,25+,26+,27+,28+,29+/m1/s1. The van der Waals surface area contributed by atoms with Crippen LogP contribution in [0.1, 0.15) is 83.6 Å². The molecule has 17 heteroatoms. The van der Waals surface area contributed by atoms with Crippen LogP contribution < -0.4 is 43.8 Å². The van der Waals surface area contributed by atoms with Gasteiger partial charge in [0.15, 0.2) is 5.78 Å². The molecule has 0 radical (unpaired) electrons. The maximum Gasteiger partial charge on any atom is 0.306 e. The topological polar surface area (TPSA) is 298 Å². The molecule has 13 N–H and O–H groups in total. The van der Waals surface area contributed by atoms with Crippen LogP contribution in [0.15, 0.2) is 24.3 Å². The zero-order valence-electron chi connectivity index (χ0n) is 30.7. The number of nitrogens with one attached hydrogen (secondary N) is 5. The monoisotopic (exact) mass is 746 g/mol. The molecule has 1 heterocycles. The van der Waals surface area contributed by atoms with Crippen molar-refractivity contribution in [3.8, 4) is 5.75 Å². The minimum atomic E-state index is -1.32. The number of aliphatic carboxylic acids is 1. The molecule has 1 fully saturated rings. The van der Waals surface area contributed by atoms with Gasteiger partial charge in [0.05, 0.1) is 24.4 Å². The molecule has 0 saturated carbocycles. The van der Waals surface area contributed by atoms with Gasteiger partial charge in [-0.3, -0.25) is 33.6 Å². The second kappa shape index (κ2) is 23.1. The SMILES string of the molecule is CC(C)C[C@H](CC(=O)[C@H](Cc1ccc(O)cc1)NC(=O)[C@@H]1CCNC(=O)C[C@H](N)C(=O)N[C@@H](CCCCN)C(=O)N[C@@H](CCCCN)C(=O)N1)C(=O)O. The number of hydrogen-bond donors (Lipinski definition) is 10. The summed E-state index contributed by atoms with van der Waals surface area (Å²) < 4.78 is 0. The Morgan fingerprint density at radius 3 is 1.98 bits per heavy atom. The van der Waals surface area contributed by atoms with Gasteiger partial charge in [0, 0.05) is 13.0 Å². The molecule has 1 aliphatic heterocycles. The number of nitrogens with two attached hydrogens (primary N) is 3. The Morgan fingerprint density at radius 2 is 1.43 bits per heavy atom. The summed E-state index contributed by atoms with van der Waals surface area (Å²) in [7, 11) is 0. The third-order valence-corrected chi connectivity index (χ3v) is 8.92. The van der Waals surface area contributed by atoms with Crippen LogP contribution in [0.5, 0.6) is 5.75 Å². The van der Waals surface area contributed by atoms with Gasteiger partial charge in [0.1, 0.15) is 23.9 Å². The second-order valence-corrected chi connectivity index (χ2v) is 14.0. The van der Waals surface area contributed by atoms with Gasteiger partial charge in [-0.2, -0.15) is 0 Å². The summed E-state index contributed by atoms with van der Waals surface area (Å²) in [5.41, 5.74) is 17.9. The van der Waals surface area contributed by atoms with Crippen LogP contribution in [0.4, 0.5) is 0 Å². The van der Waals surface area contributed by atoms with Crippen LogP contribution in [0.3, 0.4) is 0 Å². The van der Waals surface area contributed by atoms with E-state index in [4.69, 9.17) is 17.2 Å². The summed E-state index contributed by atoms with van der Waals surface area (Å²) in [6.07, 6.45) is 1.62. The fourth-order valence-corrected chi connectivity index (χ4v) is 5.95. The minimum absolute atomic E-state index is 0.0141. The van der Waals surface area contributed by atoms with Crippen molar-refractivity contribution in [1.29, 1.82) is 0 Å². The number of phenolic OH excluding ortho intramolecular Hbond substituents is 1. The lowest BCUT2D eigenvalue weighted by molar-refractivity contribution is -0.144. The van der Waals surface area contributed by atoms with Crippen molar-refractivity contribution >= 4 is 41.3 Å². The average molecular weight is 747 g/mol. The highest BCUT2D eigenvalue weighted by atomic mass is 16.4. The first-order chi connectivity index (χ1) is 25.1. The Balaban J connectivity index is 2.46. The third-order valence-electron chi connectivity index (χ3n) is 8.92. The van der Waals surface area contributed by atoms with E-state index in [1.165, 1.54) is 12.1 Å². The molecule has 17 nitrogen and oxygen atoms in total. The number of carbonyl (C=O) groups is 7. The number of carbonyl (C=O) groups excluding carboxylic acids is 6. The number of hydrogen-bond acceptors (Lipinski definition) is 11. The first-order valence-electron chi connectivity index (χ1n) is 18.3. The molecule has 0 unspecified atom stereocenters. The summed E-state index contributed by atoms with van der Waals surface area (Å²) in [6, 6.07) is -0.106. The Kier molecular flexibility index (Phi) is 19.4. The van der Waals surface area contributed by atoms with E-state index in [0.717, 1.165) is 0 Å². The van der Waals surface area contributed by atoms with E-state index in [-0.39, 0.29) is 56.7 Å². The molecule has 296 valence electrons. The van der Waals surface area contributed by atoms with Crippen molar-refractivity contribution in [3.05, 3.63) is 29.8 Å². The molecule has 0 bridgehead atoms. The van der Waals surface area contributed by atoms with Gasteiger partial charge in [-0.25, -0.2) is 0 Å². The summed E-state index contributed by atoms with van der Waals surface area (Å²) in [5.74, 6) is -6.23. The number of amides is 5. The van der Waals surface area contributed by atoms with Crippen molar-refractivity contribution in [1.82, 2.24) is 26.6 Å². The zero-order chi connectivity index (χ0) is 39.5. The summed E-state index contributed by atoms with van der Waals surface area (Å²) in [4.78, 5) is 92.7. The highest BCUT2D eigenvalue weighted by Gasteiger charge is 2.34. The quantitative estimate of drug-likeness (QED) is 0.0816. The second-order valence-electron chi connectivity index (χ2n) is 14.0. The van der Waals surface area contributed by atoms with Gasteiger partial charge in [-0.1, -0.05) is 26.0 Å². The number of rotatable bonds is 18. The van der Waals surface area contributed by atoms with E-state index in [1.54, 1.807) is 12.1 Å². The van der Waals surface area contributed by atoms with Gasteiger partial charge >= 0.3 is 5.97 Å². The van der Waals surface area contributed by atoms with Gasteiger partial charge < -0.3 is 54.0 Å². The summed E-state index contributed by atoms with van der Waals surface area (Å²) >= 11 is 0. The number of unbranched alkanes of at least 4 members (excludes halogenated alkanes) is 2. The van der Waals surface area contributed by atoms with Crippen LogP contribution in [0, 0.1) is 11.8 Å². The zero-order valence-corrected chi connectivity index (χ0v) is 30.7. The molecule has 1 aromatic rings. The molecule has 53 heavy (non-hydrogen) atoms. The Bertz CT molecular complexity index is 1390. The predicted octanol–water partition coefficient (Wildman–Crippen LogP) is -0.925. The number of ketones is 1. The Labute approximate surface area is 310 Å². The number of benzene rings is 1. The van der Waals surface area contributed by atoms with Crippen molar-refractivity contribution in [3.63, 3.8) is 0 Å². The number of aromatic hydroxyl groups is 1. The predicted molar refractivity (Wildman–Crippen MR) is 196 cm³/mol. The molecule has 0 aliphatic carbocycles. The van der Waals surface area contributed by atoms with Crippen molar-refractivity contribution in [2.24, 2.45) is 29.0 Å². The number of carboxylic acids is 1. The van der Waals surface area contributed by atoms with Crippen LogP contribution in [0.2, 0.25) is 0 Å². The summed E-state index contributed by atoms with van der Waals surface area (Å²) in [5, 5.41) is 32.8. The van der Waals surface area contributed by atoms with E-state index in [1.807, 2.05) is 13.8 Å². The highest BCUT2D eigenvalue weighted by molar-refractivity contribution is 5.97. The molecule has 0 spiro atoms. The molecular weight excluding hydrogens is 688 g/mol.